The van der Waals surface area contributed by atoms with E-state index in [0.717, 1.165) is 10.0 Å². The van der Waals surface area contributed by atoms with E-state index in [4.69, 9.17) is 9.47 Å². The van der Waals surface area contributed by atoms with Crippen LogP contribution in [-0.2, 0) is 15.3 Å². The van der Waals surface area contributed by atoms with Crippen LogP contribution in [0.1, 0.15) is 26.3 Å². The number of halogens is 1. The maximum absolute atomic E-state index is 6.02. The molecular weight excluding hydrogens is 340 g/mol. The van der Waals surface area contributed by atoms with E-state index in [0.29, 0.717) is 13.2 Å². The van der Waals surface area contributed by atoms with Crippen LogP contribution in [0.5, 0.6) is 0 Å². The van der Waals surface area contributed by atoms with Crippen LogP contribution < -0.4 is 0 Å². The van der Waals surface area contributed by atoms with Crippen molar-refractivity contribution in [3.05, 3.63) is 58.6 Å². The highest BCUT2D eigenvalue weighted by molar-refractivity contribution is 9.10. The van der Waals surface area contributed by atoms with Gasteiger partial charge in [0.05, 0.1) is 13.2 Å². The number of hydrogen-bond donors (Lipinski definition) is 0. The summed E-state index contributed by atoms with van der Waals surface area (Å²) in [5.41, 5.74) is 3.35. The second kappa shape index (κ2) is 5.80. The maximum Gasteiger partial charge on any atom is 0.199 e. The van der Waals surface area contributed by atoms with Crippen molar-refractivity contribution >= 4 is 15.9 Å². The first-order chi connectivity index (χ1) is 10.4. The molecule has 0 amide bonds. The first-order valence-corrected chi connectivity index (χ1v) is 8.36. The smallest absolute Gasteiger partial charge is 0.199 e. The molecule has 22 heavy (non-hydrogen) atoms. The lowest BCUT2D eigenvalue weighted by Crippen LogP contribution is -2.41. The summed E-state index contributed by atoms with van der Waals surface area (Å²) in [6.07, 6.45) is 0. The standard InChI is InChI=1S/C19H21BrO2/c1-18(2,3)19(21-12-13-22-19)16-8-4-14(5-9-16)15-6-10-17(20)11-7-15/h4-11H,12-13H2,1-3H3. The van der Waals surface area contributed by atoms with Gasteiger partial charge < -0.3 is 9.47 Å². The molecule has 3 rings (SSSR count). The number of ether oxygens (including phenoxy) is 2. The first kappa shape index (κ1) is 15.7. The highest BCUT2D eigenvalue weighted by Gasteiger charge is 2.48. The van der Waals surface area contributed by atoms with E-state index in [1.807, 2.05) is 0 Å². The van der Waals surface area contributed by atoms with E-state index in [1.54, 1.807) is 0 Å². The Labute approximate surface area is 140 Å². The lowest BCUT2D eigenvalue weighted by Gasteiger charge is -2.40. The quantitative estimate of drug-likeness (QED) is 0.717. The second-order valence-corrected chi connectivity index (χ2v) is 7.56. The zero-order chi connectivity index (χ0) is 15.8. The molecule has 0 N–H and O–H groups in total. The molecule has 1 aliphatic heterocycles. The Kier molecular flexibility index (Phi) is 4.15. The molecule has 0 aromatic heterocycles. The summed E-state index contributed by atoms with van der Waals surface area (Å²) >= 11 is 3.47. The Balaban J connectivity index is 1.95. The molecule has 1 heterocycles. The summed E-state index contributed by atoms with van der Waals surface area (Å²) in [7, 11) is 0. The van der Waals surface area contributed by atoms with Crippen molar-refractivity contribution < 1.29 is 9.47 Å². The van der Waals surface area contributed by atoms with E-state index in [9.17, 15) is 0 Å². The fourth-order valence-corrected chi connectivity index (χ4v) is 3.23. The highest BCUT2D eigenvalue weighted by Crippen LogP contribution is 2.46. The molecule has 116 valence electrons. The molecule has 0 spiro atoms. The van der Waals surface area contributed by atoms with E-state index in [2.05, 4.69) is 85.2 Å². The summed E-state index contributed by atoms with van der Waals surface area (Å²) in [4.78, 5) is 0. The molecule has 0 atom stereocenters. The van der Waals surface area contributed by atoms with Gasteiger partial charge in [-0.3, -0.25) is 0 Å². The molecule has 2 nitrogen and oxygen atoms in total. The van der Waals surface area contributed by atoms with E-state index in [-0.39, 0.29) is 5.41 Å². The van der Waals surface area contributed by atoms with Crippen LogP contribution in [-0.4, -0.2) is 13.2 Å². The molecular formula is C19H21BrO2. The monoisotopic (exact) mass is 360 g/mol. The fourth-order valence-electron chi connectivity index (χ4n) is 2.97. The van der Waals surface area contributed by atoms with Gasteiger partial charge in [0.25, 0.3) is 0 Å². The molecule has 0 bridgehead atoms. The van der Waals surface area contributed by atoms with Gasteiger partial charge in [-0.15, -0.1) is 0 Å². The lowest BCUT2D eigenvalue weighted by atomic mass is 9.80. The van der Waals surface area contributed by atoms with Gasteiger partial charge >= 0.3 is 0 Å². The van der Waals surface area contributed by atoms with Crippen molar-refractivity contribution in [3.8, 4) is 11.1 Å². The van der Waals surface area contributed by atoms with Gasteiger partial charge in [-0.1, -0.05) is 73.1 Å². The SMILES string of the molecule is CC(C)(C)C1(c2ccc(-c3ccc(Br)cc3)cc2)OCCO1. The normalized spacial score (nSPS) is 17.6. The van der Waals surface area contributed by atoms with E-state index < -0.39 is 5.79 Å². The van der Waals surface area contributed by atoms with Gasteiger partial charge in [-0.25, -0.2) is 0 Å². The molecule has 1 aliphatic rings. The van der Waals surface area contributed by atoms with Crippen molar-refractivity contribution in [3.63, 3.8) is 0 Å². The third-order valence-electron chi connectivity index (χ3n) is 4.12. The maximum atomic E-state index is 6.02. The second-order valence-electron chi connectivity index (χ2n) is 6.65. The largest absolute Gasteiger partial charge is 0.343 e. The topological polar surface area (TPSA) is 18.5 Å². The molecule has 2 aromatic rings. The Morgan fingerprint density at radius 2 is 1.27 bits per heavy atom. The van der Waals surface area contributed by atoms with Crippen molar-refractivity contribution in [2.45, 2.75) is 26.6 Å². The van der Waals surface area contributed by atoms with Crippen LogP contribution in [0.3, 0.4) is 0 Å². The predicted molar refractivity (Wildman–Crippen MR) is 92.6 cm³/mol. The summed E-state index contributed by atoms with van der Waals surface area (Å²) in [5, 5.41) is 0. The minimum absolute atomic E-state index is 0.122. The number of benzene rings is 2. The van der Waals surface area contributed by atoms with Crippen LogP contribution in [0.15, 0.2) is 53.0 Å². The molecule has 0 radical (unpaired) electrons. The Morgan fingerprint density at radius 3 is 1.73 bits per heavy atom. The summed E-state index contributed by atoms with van der Waals surface area (Å²) < 4.78 is 13.1. The van der Waals surface area contributed by atoms with E-state index >= 15 is 0 Å². The van der Waals surface area contributed by atoms with Crippen LogP contribution >= 0.6 is 15.9 Å². The average Bonchev–Trinajstić information content (AvgIpc) is 2.99. The summed E-state index contributed by atoms with van der Waals surface area (Å²) in [5.74, 6) is -0.648. The van der Waals surface area contributed by atoms with Crippen LogP contribution in [0.25, 0.3) is 11.1 Å². The average molecular weight is 361 g/mol. The van der Waals surface area contributed by atoms with Gasteiger partial charge in [0, 0.05) is 15.5 Å². The molecule has 3 heteroatoms. The summed E-state index contributed by atoms with van der Waals surface area (Å²) in [6.45, 7) is 7.75. The zero-order valence-corrected chi connectivity index (χ0v) is 14.8. The molecule has 1 fully saturated rings. The predicted octanol–water partition coefficient (Wildman–Crippen LogP) is 5.36. The Morgan fingerprint density at radius 1 is 0.818 bits per heavy atom. The molecule has 2 aromatic carbocycles. The van der Waals surface area contributed by atoms with E-state index in [1.165, 1.54) is 11.1 Å². The zero-order valence-electron chi connectivity index (χ0n) is 13.2. The first-order valence-electron chi connectivity index (χ1n) is 7.57. The third kappa shape index (κ3) is 2.73. The van der Waals surface area contributed by atoms with Crippen LogP contribution in [0, 0.1) is 5.41 Å². The van der Waals surface area contributed by atoms with Crippen molar-refractivity contribution in [1.29, 1.82) is 0 Å². The summed E-state index contributed by atoms with van der Waals surface area (Å²) in [6, 6.07) is 16.9. The van der Waals surface area contributed by atoms with Crippen molar-refractivity contribution in [1.82, 2.24) is 0 Å². The Hall–Kier alpha value is -1.16. The van der Waals surface area contributed by atoms with Crippen molar-refractivity contribution in [2.75, 3.05) is 13.2 Å². The minimum Gasteiger partial charge on any atom is -0.343 e. The fraction of sp³-hybridized carbons (Fsp3) is 0.368. The van der Waals surface area contributed by atoms with Gasteiger partial charge in [-0.05, 0) is 23.3 Å². The van der Waals surface area contributed by atoms with Gasteiger partial charge in [0.15, 0.2) is 5.79 Å². The van der Waals surface area contributed by atoms with Gasteiger partial charge in [-0.2, -0.15) is 0 Å². The van der Waals surface area contributed by atoms with Crippen LogP contribution in [0.2, 0.25) is 0 Å². The highest BCUT2D eigenvalue weighted by atomic mass is 79.9. The minimum atomic E-state index is -0.648. The van der Waals surface area contributed by atoms with Gasteiger partial charge in [0.1, 0.15) is 0 Å². The molecule has 0 aliphatic carbocycles. The lowest BCUT2D eigenvalue weighted by molar-refractivity contribution is -0.232. The Bertz CT molecular complexity index is 633. The van der Waals surface area contributed by atoms with Gasteiger partial charge in [0.2, 0.25) is 0 Å². The number of hydrogen-bond acceptors (Lipinski definition) is 2. The molecule has 0 saturated carbocycles. The number of rotatable bonds is 2. The molecule has 0 unspecified atom stereocenters. The van der Waals surface area contributed by atoms with Crippen molar-refractivity contribution in [2.24, 2.45) is 5.41 Å². The molecule has 1 saturated heterocycles. The third-order valence-corrected chi connectivity index (χ3v) is 4.65. The van der Waals surface area contributed by atoms with Crippen LogP contribution in [0.4, 0.5) is 0 Å².